The molecule has 1 N–H and O–H groups in total. The van der Waals surface area contributed by atoms with Crippen molar-refractivity contribution in [1.82, 2.24) is 0 Å². The lowest BCUT2D eigenvalue weighted by atomic mass is 9.92. The van der Waals surface area contributed by atoms with Gasteiger partial charge in [0, 0.05) is 20.8 Å². The minimum absolute atomic E-state index is 0.0212. The van der Waals surface area contributed by atoms with E-state index in [1.54, 1.807) is 14.2 Å². The van der Waals surface area contributed by atoms with Gasteiger partial charge in [-0.2, -0.15) is 0 Å². The van der Waals surface area contributed by atoms with Crippen LogP contribution in [0.25, 0.3) is 0 Å². The Hall–Kier alpha value is -0.160. The first-order valence-corrected chi connectivity index (χ1v) is 11.4. The molecule has 0 saturated carbocycles. The molecule has 0 bridgehead atoms. The molecule has 0 radical (unpaired) electrons. The van der Waals surface area contributed by atoms with Gasteiger partial charge in [0.05, 0.1) is 31.8 Å². The van der Waals surface area contributed by atoms with Crippen molar-refractivity contribution in [2.75, 3.05) is 47.3 Å². The number of hydrogen-bond donors (Lipinski definition) is 1. The zero-order valence-electron chi connectivity index (χ0n) is 18.6. The lowest BCUT2D eigenvalue weighted by molar-refractivity contribution is -0.0769. The fourth-order valence-corrected chi connectivity index (χ4v) is 3.56. The zero-order chi connectivity index (χ0) is 20.1. The van der Waals surface area contributed by atoms with Crippen molar-refractivity contribution in [2.24, 2.45) is 5.41 Å². The molecule has 0 aromatic heterocycles. The fraction of sp³-hybridized carbons (Fsp3) is 1.00. The molecule has 164 valence electrons. The molecule has 0 aromatic rings. The van der Waals surface area contributed by atoms with Crippen LogP contribution in [-0.2, 0) is 14.2 Å². The molecule has 0 saturated heterocycles. The lowest BCUT2D eigenvalue weighted by Crippen LogP contribution is -2.40. The monoisotopic (exact) mass is 388 g/mol. The molecule has 0 heterocycles. The van der Waals surface area contributed by atoms with E-state index in [-0.39, 0.29) is 6.61 Å². The van der Waals surface area contributed by atoms with Crippen LogP contribution in [0, 0.1) is 5.41 Å². The summed E-state index contributed by atoms with van der Waals surface area (Å²) < 4.78 is 16.2. The Bertz CT molecular complexity index is 278. The van der Waals surface area contributed by atoms with Gasteiger partial charge in [0.2, 0.25) is 0 Å². The third kappa shape index (κ3) is 16.5. The second kappa shape index (κ2) is 20.6. The van der Waals surface area contributed by atoms with Crippen molar-refractivity contribution in [3.63, 3.8) is 0 Å². The van der Waals surface area contributed by atoms with E-state index >= 15 is 0 Å². The Kier molecular flexibility index (Phi) is 20.4. The first-order valence-electron chi connectivity index (χ1n) is 11.4. The zero-order valence-corrected chi connectivity index (χ0v) is 18.6. The van der Waals surface area contributed by atoms with Gasteiger partial charge < -0.3 is 19.3 Å². The van der Waals surface area contributed by atoms with Crippen LogP contribution in [-0.4, -0.2) is 52.4 Å². The topological polar surface area (TPSA) is 47.9 Å². The number of ether oxygens (including phenoxy) is 3. The lowest BCUT2D eigenvalue weighted by Gasteiger charge is -2.29. The molecule has 0 rings (SSSR count). The minimum Gasteiger partial charge on any atom is -0.396 e. The first-order chi connectivity index (χ1) is 13.2. The summed E-state index contributed by atoms with van der Waals surface area (Å²) in [5.41, 5.74) is -0.431. The summed E-state index contributed by atoms with van der Waals surface area (Å²) in [6.07, 6.45) is 19.1. The number of rotatable bonds is 22. The van der Waals surface area contributed by atoms with E-state index < -0.39 is 5.41 Å². The Morgan fingerprint density at radius 2 is 1.00 bits per heavy atom. The molecule has 0 aliphatic carbocycles. The van der Waals surface area contributed by atoms with Gasteiger partial charge in [-0.1, -0.05) is 90.4 Å². The SMILES string of the molecule is CCCCCCCCCCCCCCCCOCC(CO)(COC)COC. The van der Waals surface area contributed by atoms with Gasteiger partial charge >= 0.3 is 0 Å². The Labute approximate surface area is 169 Å². The van der Waals surface area contributed by atoms with Crippen molar-refractivity contribution in [3.05, 3.63) is 0 Å². The smallest absolute Gasteiger partial charge is 0.0634 e. The number of methoxy groups -OCH3 is 2. The summed E-state index contributed by atoms with van der Waals surface area (Å²) in [5, 5.41) is 9.62. The molecule has 0 spiro atoms. The molecular weight excluding hydrogens is 340 g/mol. The second-order valence-corrected chi connectivity index (χ2v) is 8.17. The molecule has 0 amide bonds. The minimum atomic E-state index is -0.431. The van der Waals surface area contributed by atoms with Crippen LogP contribution in [0.2, 0.25) is 0 Å². The van der Waals surface area contributed by atoms with Gasteiger partial charge in [-0.05, 0) is 6.42 Å². The van der Waals surface area contributed by atoms with Gasteiger partial charge in [-0.3, -0.25) is 0 Å². The van der Waals surface area contributed by atoms with Crippen LogP contribution in [0.1, 0.15) is 96.8 Å². The van der Waals surface area contributed by atoms with Gasteiger partial charge in [-0.15, -0.1) is 0 Å². The third-order valence-corrected chi connectivity index (χ3v) is 5.29. The Morgan fingerprint density at radius 1 is 0.593 bits per heavy atom. The molecule has 0 unspecified atom stereocenters. The van der Waals surface area contributed by atoms with Crippen LogP contribution in [0.3, 0.4) is 0 Å². The van der Waals surface area contributed by atoms with E-state index in [0.29, 0.717) is 19.8 Å². The molecular formula is C23H48O4. The number of aliphatic hydroxyl groups is 1. The summed E-state index contributed by atoms with van der Waals surface area (Å²) >= 11 is 0. The molecule has 0 aliphatic rings. The summed E-state index contributed by atoms with van der Waals surface area (Å²) in [6.45, 7) is 4.46. The quantitative estimate of drug-likeness (QED) is 0.240. The highest BCUT2D eigenvalue weighted by Crippen LogP contribution is 2.18. The maximum atomic E-state index is 9.62. The highest BCUT2D eigenvalue weighted by atomic mass is 16.5. The molecule has 0 atom stereocenters. The average Bonchev–Trinajstić information content (AvgIpc) is 2.68. The van der Waals surface area contributed by atoms with Crippen molar-refractivity contribution < 1.29 is 19.3 Å². The highest BCUT2D eigenvalue weighted by Gasteiger charge is 2.30. The van der Waals surface area contributed by atoms with Crippen molar-refractivity contribution >= 4 is 0 Å². The number of unbranched alkanes of at least 4 members (excludes halogenated alkanes) is 13. The third-order valence-electron chi connectivity index (χ3n) is 5.29. The molecule has 0 aliphatic heterocycles. The van der Waals surface area contributed by atoms with E-state index in [4.69, 9.17) is 14.2 Å². The highest BCUT2D eigenvalue weighted by molar-refractivity contribution is 4.78. The Balaban J connectivity index is 3.37. The average molecular weight is 389 g/mol. The standard InChI is InChI=1S/C23H48O4/c1-4-5-6-7-8-9-10-11-12-13-14-15-16-17-18-27-22-23(19-24,20-25-2)21-26-3/h24H,4-22H2,1-3H3. The van der Waals surface area contributed by atoms with Crippen LogP contribution >= 0.6 is 0 Å². The van der Waals surface area contributed by atoms with Crippen molar-refractivity contribution in [3.8, 4) is 0 Å². The van der Waals surface area contributed by atoms with Crippen molar-refractivity contribution in [2.45, 2.75) is 96.8 Å². The maximum Gasteiger partial charge on any atom is 0.0634 e. The second-order valence-electron chi connectivity index (χ2n) is 8.17. The summed E-state index contributed by atoms with van der Waals surface area (Å²) in [4.78, 5) is 0. The van der Waals surface area contributed by atoms with Crippen molar-refractivity contribution in [1.29, 1.82) is 0 Å². The van der Waals surface area contributed by atoms with Crippen LogP contribution < -0.4 is 0 Å². The largest absolute Gasteiger partial charge is 0.396 e. The van der Waals surface area contributed by atoms with E-state index in [2.05, 4.69) is 6.92 Å². The van der Waals surface area contributed by atoms with E-state index in [1.807, 2.05) is 0 Å². The molecule has 0 fully saturated rings. The molecule has 4 nitrogen and oxygen atoms in total. The van der Waals surface area contributed by atoms with Gasteiger partial charge in [0.15, 0.2) is 0 Å². The van der Waals surface area contributed by atoms with E-state index in [0.717, 1.165) is 13.0 Å². The molecule has 4 heteroatoms. The normalized spacial score (nSPS) is 12.0. The van der Waals surface area contributed by atoms with Crippen LogP contribution in [0.4, 0.5) is 0 Å². The van der Waals surface area contributed by atoms with Gasteiger partial charge in [-0.25, -0.2) is 0 Å². The maximum absolute atomic E-state index is 9.62. The molecule has 27 heavy (non-hydrogen) atoms. The Morgan fingerprint density at radius 3 is 1.37 bits per heavy atom. The predicted molar refractivity (Wildman–Crippen MR) is 114 cm³/mol. The predicted octanol–water partition coefficient (Wildman–Crippen LogP) is 5.76. The summed E-state index contributed by atoms with van der Waals surface area (Å²) in [7, 11) is 3.29. The number of aliphatic hydroxyl groups excluding tert-OH is 1. The van der Waals surface area contributed by atoms with Gasteiger partial charge in [0.25, 0.3) is 0 Å². The molecule has 0 aromatic carbocycles. The fourth-order valence-electron chi connectivity index (χ4n) is 3.56. The van der Waals surface area contributed by atoms with Gasteiger partial charge in [0.1, 0.15) is 0 Å². The number of hydrogen-bond acceptors (Lipinski definition) is 4. The van der Waals surface area contributed by atoms with Crippen LogP contribution in [0.15, 0.2) is 0 Å². The summed E-state index contributed by atoms with van der Waals surface area (Å²) in [6, 6.07) is 0. The van der Waals surface area contributed by atoms with E-state index in [9.17, 15) is 5.11 Å². The summed E-state index contributed by atoms with van der Waals surface area (Å²) in [5.74, 6) is 0. The van der Waals surface area contributed by atoms with Crippen LogP contribution in [0.5, 0.6) is 0 Å². The van der Waals surface area contributed by atoms with E-state index in [1.165, 1.54) is 83.5 Å². The first kappa shape index (κ1) is 26.8.